The molecule has 5 nitrogen and oxygen atoms in total. The Balaban J connectivity index is 2.53. The van der Waals surface area contributed by atoms with Gasteiger partial charge in [-0.15, -0.1) is 0 Å². The van der Waals surface area contributed by atoms with Crippen LogP contribution in [0.2, 0.25) is 0 Å². The van der Waals surface area contributed by atoms with Gasteiger partial charge in [-0.1, -0.05) is 19.0 Å². The minimum atomic E-state index is 0.396. The number of nitrogen functional groups attached to an aromatic ring is 1. The molecule has 18 heavy (non-hydrogen) atoms. The van der Waals surface area contributed by atoms with Gasteiger partial charge in [0.25, 0.3) is 0 Å². The molecule has 0 radical (unpaired) electrons. The molecule has 2 N–H and O–H groups in total. The molecule has 0 aliphatic heterocycles. The van der Waals surface area contributed by atoms with Crippen molar-refractivity contribution in [3.63, 3.8) is 0 Å². The maximum Gasteiger partial charge on any atom is 0.225 e. The first kappa shape index (κ1) is 12.5. The Morgan fingerprint density at radius 3 is 2.67 bits per heavy atom. The van der Waals surface area contributed by atoms with Crippen molar-refractivity contribution in [1.29, 1.82) is 0 Å². The Kier molecular flexibility index (Phi) is 3.32. The van der Waals surface area contributed by atoms with Gasteiger partial charge in [-0.05, 0) is 32.3 Å². The third-order valence-electron chi connectivity index (χ3n) is 2.79. The number of aromatic nitrogens is 3. The van der Waals surface area contributed by atoms with Gasteiger partial charge in [0.05, 0.1) is 11.4 Å². The second-order valence-corrected chi connectivity index (χ2v) is 4.96. The topological polar surface area (TPSA) is 77.8 Å². The van der Waals surface area contributed by atoms with E-state index in [9.17, 15) is 0 Å². The van der Waals surface area contributed by atoms with Gasteiger partial charge in [-0.25, -0.2) is 0 Å². The van der Waals surface area contributed by atoms with Crippen LogP contribution in [-0.4, -0.2) is 15.4 Å². The van der Waals surface area contributed by atoms with Crippen molar-refractivity contribution < 1.29 is 4.52 Å². The molecule has 0 saturated carbocycles. The molecule has 0 aromatic carbocycles. The summed E-state index contributed by atoms with van der Waals surface area (Å²) >= 11 is 0. The molecular weight excluding hydrogens is 228 g/mol. The van der Waals surface area contributed by atoms with E-state index >= 15 is 0 Å². The van der Waals surface area contributed by atoms with E-state index in [0.29, 0.717) is 11.8 Å². The van der Waals surface area contributed by atoms with Crippen LogP contribution in [0, 0.1) is 19.8 Å². The van der Waals surface area contributed by atoms with E-state index in [1.807, 2.05) is 19.9 Å². The zero-order valence-electron chi connectivity index (χ0n) is 11.2. The van der Waals surface area contributed by atoms with E-state index in [1.54, 1.807) is 0 Å². The average Bonchev–Trinajstić information content (AvgIpc) is 2.64. The van der Waals surface area contributed by atoms with Crippen molar-refractivity contribution in [2.45, 2.75) is 34.1 Å². The molecule has 0 bridgehead atoms. The fourth-order valence-electron chi connectivity index (χ4n) is 1.93. The second-order valence-electron chi connectivity index (χ2n) is 4.96. The molecule has 5 heteroatoms. The largest absolute Gasteiger partial charge is 0.367 e. The summed E-state index contributed by atoms with van der Waals surface area (Å²) in [6.07, 6.45) is 0.839. The number of rotatable bonds is 3. The van der Waals surface area contributed by atoms with Crippen molar-refractivity contribution in [3.8, 4) is 11.3 Å². The van der Waals surface area contributed by atoms with Gasteiger partial charge in [0.15, 0.2) is 0 Å². The first-order valence-corrected chi connectivity index (χ1v) is 6.04. The van der Waals surface area contributed by atoms with E-state index < -0.39 is 0 Å². The summed E-state index contributed by atoms with van der Waals surface area (Å²) in [5.41, 5.74) is 10.2. The predicted molar refractivity (Wildman–Crippen MR) is 70.0 cm³/mol. The van der Waals surface area contributed by atoms with Crippen LogP contribution in [-0.2, 0) is 6.42 Å². The fraction of sp³-hybridized carbons (Fsp3) is 0.462. The number of nitrogens with zero attached hydrogens (tertiary/aromatic N) is 3. The number of nitrogens with two attached hydrogens (primary N) is 1. The first-order chi connectivity index (χ1) is 8.49. The van der Waals surface area contributed by atoms with Gasteiger partial charge in [0.2, 0.25) is 5.88 Å². The van der Waals surface area contributed by atoms with Crippen LogP contribution in [0.1, 0.15) is 30.8 Å². The fourth-order valence-corrected chi connectivity index (χ4v) is 1.93. The lowest BCUT2D eigenvalue weighted by atomic mass is 9.98. The number of aryl methyl sites for hydroxylation is 2. The van der Waals surface area contributed by atoms with Gasteiger partial charge < -0.3 is 10.3 Å². The summed E-state index contributed by atoms with van der Waals surface area (Å²) in [7, 11) is 0. The van der Waals surface area contributed by atoms with Gasteiger partial charge in [0, 0.05) is 11.1 Å². The van der Waals surface area contributed by atoms with Gasteiger partial charge in [-0.2, -0.15) is 10.2 Å². The van der Waals surface area contributed by atoms with Crippen LogP contribution < -0.4 is 5.73 Å². The molecule has 0 atom stereocenters. The van der Waals surface area contributed by atoms with Gasteiger partial charge in [-0.3, -0.25) is 0 Å². The van der Waals surface area contributed by atoms with Crippen molar-refractivity contribution in [2.75, 3.05) is 5.73 Å². The summed E-state index contributed by atoms with van der Waals surface area (Å²) in [5, 5.41) is 12.2. The number of anilines is 1. The summed E-state index contributed by atoms with van der Waals surface area (Å²) < 4.78 is 5.13. The molecule has 0 aliphatic carbocycles. The Morgan fingerprint density at radius 1 is 1.28 bits per heavy atom. The van der Waals surface area contributed by atoms with Crippen LogP contribution in [0.25, 0.3) is 11.3 Å². The molecule has 0 unspecified atom stereocenters. The third kappa shape index (κ3) is 2.34. The van der Waals surface area contributed by atoms with Crippen LogP contribution in [0.5, 0.6) is 0 Å². The summed E-state index contributed by atoms with van der Waals surface area (Å²) in [6.45, 7) is 8.09. The molecule has 0 spiro atoms. The zero-order valence-corrected chi connectivity index (χ0v) is 11.2. The quantitative estimate of drug-likeness (QED) is 0.900. The lowest BCUT2D eigenvalue weighted by Gasteiger charge is -2.07. The highest BCUT2D eigenvalue weighted by Crippen LogP contribution is 2.30. The normalized spacial score (nSPS) is 11.2. The Hall–Kier alpha value is -1.91. The van der Waals surface area contributed by atoms with Crippen molar-refractivity contribution in [3.05, 3.63) is 23.0 Å². The zero-order chi connectivity index (χ0) is 13.3. The van der Waals surface area contributed by atoms with Gasteiger partial charge >= 0.3 is 0 Å². The molecule has 0 fully saturated rings. The van der Waals surface area contributed by atoms with E-state index in [-0.39, 0.29) is 0 Å². The van der Waals surface area contributed by atoms with E-state index in [4.69, 9.17) is 10.3 Å². The maximum atomic E-state index is 5.85. The highest BCUT2D eigenvalue weighted by Gasteiger charge is 2.18. The molecule has 0 aliphatic rings. The van der Waals surface area contributed by atoms with Gasteiger partial charge in [0.1, 0.15) is 5.69 Å². The second kappa shape index (κ2) is 4.76. The van der Waals surface area contributed by atoms with Crippen molar-refractivity contribution in [1.82, 2.24) is 15.4 Å². The highest BCUT2D eigenvalue weighted by molar-refractivity contribution is 5.68. The van der Waals surface area contributed by atoms with E-state index in [2.05, 4.69) is 29.2 Å². The molecule has 2 rings (SSSR count). The minimum Gasteiger partial charge on any atom is -0.367 e. The SMILES string of the molecule is Cc1cc(-c2noc(N)c2CC(C)C)c(C)nn1. The maximum absolute atomic E-state index is 5.85. The van der Waals surface area contributed by atoms with Crippen LogP contribution in [0.3, 0.4) is 0 Å². The van der Waals surface area contributed by atoms with Crippen LogP contribution >= 0.6 is 0 Å². The lowest BCUT2D eigenvalue weighted by molar-refractivity contribution is 0.438. The summed E-state index contributed by atoms with van der Waals surface area (Å²) in [5.74, 6) is 0.884. The average molecular weight is 246 g/mol. The lowest BCUT2D eigenvalue weighted by Crippen LogP contribution is -2.01. The van der Waals surface area contributed by atoms with Crippen molar-refractivity contribution in [2.24, 2.45) is 5.92 Å². The highest BCUT2D eigenvalue weighted by atomic mass is 16.5. The molecular formula is C13H18N4O. The Bertz CT molecular complexity index is 560. The monoisotopic (exact) mass is 246 g/mol. The standard InChI is InChI=1S/C13H18N4O/c1-7(2)5-11-12(17-18-13(11)14)10-6-8(3)15-16-9(10)4/h6-7H,5,14H2,1-4H3. The Labute approximate surface area is 106 Å². The molecule has 96 valence electrons. The molecule has 2 aromatic rings. The van der Waals surface area contributed by atoms with E-state index in [0.717, 1.165) is 34.6 Å². The van der Waals surface area contributed by atoms with Crippen LogP contribution in [0.4, 0.5) is 5.88 Å². The first-order valence-electron chi connectivity index (χ1n) is 6.04. The minimum absolute atomic E-state index is 0.396. The Morgan fingerprint density at radius 2 is 2.00 bits per heavy atom. The molecule has 0 amide bonds. The van der Waals surface area contributed by atoms with E-state index in [1.165, 1.54) is 0 Å². The molecule has 2 heterocycles. The smallest absolute Gasteiger partial charge is 0.225 e. The predicted octanol–water partition coefficient (Wildman–Crippen LogP) is 2.53. The van der Waals surface area contributed by atoms with Crippen molar-refractivity contribution >= 4 is 5.88 Å². The van der Waals surface area contributed by atoms with Crippen LogP contribution in [0.15, 0.2) is 10.6 Å². The number of hydrogen-bond acceptors (Lipinski definition) is 5. The molecule has 0 saturated heterocycles. The molecule has 2 aromatic heterocycles. The number of hydrogen-bond donors (Lipinski definition) is 1. The third-order valence-corrected chi connectivity index (χ3v) is 2.79. The summed E-state index contributed by atoms with van der Waals surface area (Å²) in [6, 6.07) is 1.96. The summed E-state index contributed by atoms with van der Waals surface area (Å²) in [4.78, 5) is 0.